The molecule has 0 saturated carbocycles. The summed E-state index contributed by atoms with van der Waals surface area (Å²) >= 11 is 0. The number of nitrogens with one attached hydrogen (secondary N) is 1. The van der Waals surface area contributed by atoms with Crippen molar-refractivity contribution in [1.82, 2.24) is 10.2 Å². The second-order valence-corrected chi connectivity index (χ2v) is 6.71. The molecule has 0 aromatic heterocycles. The fraction of sp³-hybridized carbons (Fsp3) is 0.882. The van der Waals surface area contributed by atoms with Crippen LogP contribution in [0.15, 0.2) is 0 Å². The number of hydrogen-bond donors (Lipinski definition) is 1. The van der Waals surface area contributed by atoms with Crippen LogP contribution in [0, 0.1) is 11.3 Å². The van der Waals surface area contributed by atoms with Crippen LogP contribution < -0.4 is 10.4 Å². The third kappa shape index (κ3) is 7.78. The summed E-state index contributed by atoms with van der Waals surface area (Å²) in [6.07, 6.45) is 3.94. The quantitative estimate of drug-likeness (QED) is 0.553. The number of carbonyl (C=O) groups is 2. The Hall–Kier alpha value is -1.10. The zero-order valence-electron chi connectivity index (χ0n) is 14.9. The Balaban J connectivity index is 4.11. The second kappa shape index (κ2) is 10.6. The molecule has 0 fully saturated rings. The van der Waals surface area contributed by atoms with Crippen molar-refractivity contribution in [2.75, 3.05) is 26.7 Å². The summed E-state index contributed by atoms with van der Waals surface area (Å²) in [6, 6.07) is 0. The van der Waals surface area contributed by atoms with Crippen molar-refractivity contribution < 1.29 is 14.7 Å². The second-order valence-electron chi connectivity index (χ2n) is 6.71. The van der Waals surface area contributed by atoms with E-state index in [1.807, 2.05) is 11.9 Å². The normalized spacial score (nSPS) is 14.1. The van der Waals surface area contributed by atoms with Gasteiger partial charge in [-0.2, -0.15) is 0 Å². The maximum atomic E-state index is 12.5. The molecule has 0 rings (SSSR count). The zero-order valence-corrected chi connectivity index (χ0v) is 14.9. The van der Waals surface area contributed by atoms with Crippen LogP contribution in [0.25, 0.3) is 0 Å². The lowest BCUT2D eigenvalue weighted by Gasteiger charge is -2.32. The van der Waals surface area contributed by atoms with Gasteiger partial charge in [-0.1, -0.05) is 40.5 Å². The standard InChI is InChI=1S/C17H34N2O3/c1-6-7-10-17(4,14(2)3)16(22)18-11-8-12-19(5)13-9-15(20)21/h14H,6-13H2,1-5H3,(H,18,22)(H,20,21)/p-1. The van der Waals surface area contributed by atoms with Gasteiger partial charge >= 0.3 is 0 Å². The highest BCUT2D eigenvalue weighted by atomic mass is 16.4. The molecule has 5 heteroatoms. The van der Waals surface area contributed by atoms with E-state index < -0.39 is 5.97 Å². The number of carboxylic acid groups (broad SMARTS) is 1. The molecular formula is C17H33N2O3-. The Morgan fingerprint density at radius 2 is 1.86 bits per heavy atom. The van der Waals surface area contributed by atoms with Crippen LogP contribution >= 0.6 is 0 Å². The van der Waals surface area contributed by atoms with Gasteiger partial charge < -0.3 is 20.1 Å². The van der Waals surface area contributed by atoms with E-state index in [1.54, 1.807) is 0 Å². The van der Waals surface area contributed by atoms with E-state index in [0.717, 1.165) is 32.2 Å². The number of amides is 1. The van der Waals surface area contributed by atoms with Crippen LogP contribution in [-0.2, 0) is 9.59 Å². The Morgan fingerprint density at radius 1 is 1.23 bits per heavy atom. The summed E-state index contributed by atoms with van der Waals surface area (Å²) in [5.74, 6) is -0.582. The number of rotatable bonds is 12. The minimum Gasteiger partial charge on any atom is -0.550 e. The van der Waals surface area contributed by atoms with Crippen LogP contribution in [-0.4, -0.2) is 43.5 Å². The lowest BCUT2D eigenvalue weighted by molar-refractivity contribution is -0.305. The fourth-order valence-corrected chi connectivity index (χ4v) is 2.36. The molecule has 22 heavy (non-hydrogen) atoms. The lowest BCUT2D eigenvalue weighted by Crippen LogP contribution is -2.43. The van der Waals surface area contributed by atoms with Crippen LogP contribution in [0.3, 0.4) is 0 Å². The van der Waals surface area contributed by atoms with Crippen LogP contribution in [0.2, 0.25) is 0 Å². The Kier molecular flexibility index (Phi) is 10.1. The molecule has 0 spiro atoms. The number of unbranched alkanes of at least 4 members (excludes halogenated alkanes) is 1. The van der Waals surface area contributed by atoms with Gasteiger partial charge in [0, 0.05) is 24.5 Å². The minimum atomic E-state index is -1.02. The SMILES string of the molecule is CCCCC(C)(C(=O)NCCCN(C)CCC(=O)[O-])C(C)C. The molecule has 0 aliphatic heterocycles. The van der Waals surface area contributed by atoms with Gasteiger partial charge in [-0.05, 0) is 38.8 Å². The third-order valence-corrected chi connectivity index (χ3v) is 4.54. The molecule has 1 atom stereocenters. The van der Waals surface area contributed by atoms with Crippen LogP contribution in [0.1, 0.15) is 59.8 Å². The predicted molar refractivity (Wildman–Crippen MR) is 87.2 cm³/mol. The maximum absolute atomic E-state index is 12.5. The number of hydrogen-bond acceptors (Lipinski definition) is 4. The van der Waals surface area contributed by atoms with Gasteiger partial charge in [0.05, 0.1) is 0 Å². The summed E-state index contributed by atoms with van der Waals surface area (Å²) in [5.41, 5.74) is -0.309. The molecule has 0 saturated heterocycles. The lowest BCUT2D eigenvalue weighted by atomic mass is 9.74. The topological polar surface area (TPSA) is 72.5 Å². The smallest absolute Gasteiger partial charge is 0.226 e. The zero-order chi connectivity index (χ0) is 17.2. The Morgan fingerprint density at radius 3 is 2.36 bits per heavy atom. The highest BCUT2D eigenvalue weighted by Gasteiger charge is 2.35. The summed E-state index contributed by atoms with van der Waals surface area (Å²) < 4.78 is 0. The molecule has 0 aromatic rings. The summed E-state index contributed by atoms with van der Waals surface area (Å²) in [4.78, 5) is 24.8. The van der Waals surface area contributed by atoms with Gasteiger partial charge in [0.25, 0.3) is 0 Å². The third-order valence-electron chi connectivity index (χ3n) is 4.54. The molecule has 1 N–H and O–H groups in total. The van der Waals surface area contributed by atoms with Gasteiger partial charge in [-0.3, -0.25) is 4.79 Å². The number of carboxylic acids is 1. The van der Waals surface area contributed by atoms with Crippen molar-refractivity contribution in [3.63, 3.8) is 0 Å². The van der Waals surface area contributed by atoms with E-state index in [9.17, 15) is 14.7 Å². The van der Waals surface area contributed by atoms with Gasteiger partial charge in [0.1, 0.15) is 0 Å². The summed E-state index contributed by atoms with van der Waals surface area (Å²) in [7, 11) is 1.88. The van der Waals surface area contributed by atoms with Gasteiger partial charge in [-0.25, -0.2) is 0 Å². The van der Waals surface area contributed by atoms with Gasteiger partial charge in [0.15, 0.2) is 0 Å². The monoisotopic (exact) mass is 313 g/mol. The average molecular weight is 313 g/mol. The highest BCUT2D eigenvalue weighted by Crippen LogP contribution is 2.33. The van der Waals surface area contributed by atoms with Gasteiger partial charge in [-0.15, -0.1) is 0 Å². The van der Waals surface area contributed by atoms with E-state index in [1.165, 1.54) is 0 Å². The molecule has 1 unspecified atom stereocenters. The first-order valence-electron chi connectivity index (χ1n) is 8.40. The molecule has 0 aliphatic rings. The number of aliphatic carboxylic acids is 1. The maximum Gasteiger partial charge on any atom is 0.226 e. The molecule has 1 amide bonds. The van der Waals surface area contributed by atoms with Crippen molar-refractivity contribution in [2.24, 2.45) is 11.3 Å². The Labute approximate surface area is 135 Å². The number of nitrogens with zero attached hydrogens (tertiary/aromatic N) is 1. The molecule has 0 aromatic carbocycles. The first-order chi connectivity index (χ1) is 10.2. The van der Waals surface area contributed by atoms with E-state index >= 15 is 0 Å². The van der Waals surface area contributed by atoms with Crippen molar-refractivity contribution in [1.29, 1.82) is 0 Å². The minimum absolute atomic E-state index is 0.0469. The Bertz CT molecular complexity index is 345. The van der Waals surface area contributed by atoms with Crippen molar-refractivity contribution in [3.8, 4) is 0 Å². The van der Waals surface area contributed by atoms with Crippen molar-refractivity contribution in [3.05, 3.63) is 0 Å². The molecule has 5 nitrogen and oxygen atoms in total. The van der Waals surface area contributed by atoms with Gasteiger partial charge in [0.2, 0.25) is 5.91 Å². The first-order valence-corrected chi connectivity index (χ1v) is 8.40. The molecule has 0 bridgehead atoms. The van der Waals surface area contributed by atoms with E-state index in [4.69, 9.17) is 0 Å². The average Bonchev–Trinajstić information content (AvgIpc) is 2.46. The molecular weight excluding hydrogens is 280 g/mol. The molecule has 0 heterocycles. The van der Waals surface area contributed by atoms with E-state index in [-0.39, 0.29) is 17.7 Å². The first kappa shape index (κ1) is 20.9. The summed E-state index contributed by atoms with van der Waals surface area (Å²) in [5, 5.41) is 13.4. The van der Waals surface area contributed by atoms with Crippen LogP contribution in [0.5, 0.6) is 0 Å². The number of carbonyl (C=O) groups excluding carboxylic acids is 2. The summed E-state index contributed by atoms with van der Waals surface area (Å²) in [6.45, 7) is 10.3. The molecule has 0 aliphatic carbocycles. The predicted octanol–water partition coefficient (Wildman–Crippen LogP) is 1.42. The van der Waals surface area contributed by atoms with E-state index in [2.05, 4.69) is 33.0 Å². The van der Waals surface area contributed by atoms with E-state index in [0.29, 0.717) is 19.0 Å². The van der Waals surface area contributed by atoms with Crippen molar-refractivity contribution in [2.45, 2.75) is 59.8 Å². The van der Waals surface area contributed by atoms with Crippen molar-refractivity contribution >= 4 is 11.9 Å². The largest absolute Gasteiger partial charge is 0.550 e. The highest BCUT2D eigenvalue weighted by molar-refractivity contribution is 5.82. The van der Waals surface area contributed by atoms with Crippen LogP contribution in [0.4, 0.5) is 0 Å². The fourth-order valence-electron chi connectivity index (χ4n) is 2.36. The molecule has 0 radical (unpaired) electrons. The molecule has 130 valence electrons.